The van der Waals surface area contributed by atoms with E-state index in [1.807, 2.05) is 20.8 Å². The van der Waals surface area contributed by atoms with Gasteiger partial charge >= 0.3 is 5.97 Å². The van der Waals surface area contributed by atoms with Crippen LogP contribution in [0.5, 0.6) is 0 Å². The Morgan fingerprint density at radius 3 is 2.76 bits per heavy atom. The highest BCUT2D eigenvalue weighted by molar-refractivity contribution is 8.04. The first-order valence-corrected chi connectivity index (χ1v) is 10.6. The van der Waals surface area contributed by atoms with Gasteiger partial charge in [0.05, 0.1) is 0 Å². The van der Waals surface area contributed by atoms with E-state index in [-0.39, 0.29) is 0 Å². The van der Waals surface area contributed by atoms with Crippen LogP contribution >= 0.6 is 23.3 Å². The zero-order valence-electron chi connectivity index (χ0n) is 15.3. The molecule has 0 spiro atoms. The van der Waals surface area contributed by atoms with Gasteiger partial charge in [-0.3, -0.25) is 4.79 Å². The van der Waals surface area contributed by atoms with Crippen molar-refractivity contribution < 1.29 is 9.90 Å². The Balaban J connectivity index is 0.00000151. The van der Waals surface area contributed by atoms with Gasteiger partial charge in [0.15, 0.2) is 0 Å². The number of nitrogens with zero attached hydrogens (tertiary/aromatic N) is 2. The third-order valence-electron chi connectivity index (χ3n) is 3.62. The Labute approximate surface area is 159 Å². The number of aryl methyl sites for hydroxylation is 1. The van der Waals surface area contributed by atoms with Crippen LogP contribution in [0.4, 0.5) is 5.13 Å². The summed E-state index contributed by atoms with van der Waals surface area (Å²) < 4.78 is 3.24. The van der Waals surface area contributed by atoms with Crippen LogP contribution in [-0.2, 0) is 4.79 Å². The molecule has 0 fully saturated rings. The van der Waals surface area contributed by atoms with E-state index in [1.54, 1.807) is 23.3 Å². The molecule has 1 aliphatic rings. The first kappa shape index (κ1) is 21.7. The van der Waals surface area contributed by atoms with Gasteiger partial charge < -0.3 is 9.83 Å². The molecular formula is C18H29N3O2S2. The molecule has 2 rings (SSSR count). The van der Waals surface area contributed by atoms with Crippen molar-refractivity contribution in [3.63, 3.8) is 0 Å². The van der Waals surface area contributed by atoms with Crippen LogP contribution < -0.4 is 4.72 Å². The lowest BCUT2D eigenvalue weighted by Crippen LogP contribution is -2.01. The maximum atomic E-state index is 10.4. The van der Waals surface area contributed by atoms with Crippen LogP contribution in [0.25, 0.3) is 0 Å². The van der Waals surface area contributed by atoms with Crippen molar-refractivity contribution in [2.24, 2.45) is 5.92 Å². The lowest BCUT2D eigenvalue weighted by Gasteiger charge is -2.16. The molecule has 2 N–H and O–H groups in total. The predicted molar refractivity (Wildman–Crippen MR) is 108 cm³/mol. The smallest absolute Gasteiger partial charge is 0.303 e. The number of carboxylic acid groups (broad SMARTS) is 1. The van der Waals surface area contributed by atoms with E-state index in [1.165, 1.54) is 11.3 Å². The molecule has 0 saturated heterocycles. The SMILES string of the molecule is CC.Cc1nnc(NSC2=CC(CCCCCCC(=O)O)CC=C2)s1. The first-order chi connectivity index (χ1) is 12.1. The average molecular weight is 384 g/mol. The van der Waals surface area contributed by atoms with Crippen molar-refractivity contribution in [1.29, 1.82) is 0 Å². The lowest BCUT2D eigenvalue weighted by atomic mass is 9.94. The second-order valence-electron chi connectivity index (χ2n) is 5.64. The molecule has 0 amide bonds. The normalized spacial score (nSPS) is 16.0. The third kappa shape index (κ3) is 9.65. The molecule has 1 atom stereocenters. The van der Waals surface area contributed by atoms with E-state index in [2.05, 4.69) is 33.1 Å². The summed E-state index contributed by atoms with van der Waals surface area (Å²) in [5.41, 5.74) is 0. The third-order valence-corrected chi connectivity index (χ3v) is 5.31. The fourth-order valence-electron chi connectivity index (χ4n) is 2.46. The van der Waals surface area contributed by atoms with Gasteiger partial charge in [-0.2, -0.15) is 0 Å². The van der Waals surface area contributed by atoms with Gasteiger partial charge in [0.25, 0.3) is 0 Å². The van der Waals surface area contributed by atoms with Gasteiger partial charge in [0, 0.05) is 11.3 Å². The summed E-state index contributed by atoms with van der Waals surface area (Å²) >= 11 is 3.14. The van der Waals surface area contributed by atoms with Crippen molar-refractivity contribution in [2.75, 3.05) is 4.72 Å². The monoisotopic (exact) mass is 383 g/mol. The highest BCUT2D eigenvalue weighted by Gasteiger charge is 2.10. The maximum absolute atomic E-state index is 10.4. The van der Waals surface area contributed by atoms with Gasteiger partial charge in [-0.05, 0) is 44.1 Å². The van der Waals surface area contributed by atoms with Gasteiger partial charge in [-0.1, -0.05) is 62.7 Å². The van der Waals surface area contributed by atoms with Crippen LogP contribution in [0.2, 0.25) is 0 Å². The predicted octanol–water partition coefficient (Wildman–Crippen LogP) is 5.82. The van der Waals surface area contributed by atoms with E-state index in [0.29, 0.717) is 12.3 Å². The molecular weight excluding hydrogens is 354 g/mol. The van der Waals surface area contributed by atoms with E-state index >= 15 is 0 Å². The quantitative estimate of drug-likeness (QED) is 0.392. The summed E-state index contributed by atoms with van der Waals surface area (Å²) in [5, 5.41) is 18.4. The molecule has 1 aliphatic carbocycles. The zero-order valence-corrected chi connectivity index (χ0v) is 17.0. The summed E-state index contributed by atoms with van der Waals surface area (Å²) in [6.07, 6.45) is 13.3. The summed E-state index contributed by atoms with van der Waals surface area (Å²) in [6.45, 7) is 5.94. The molecule has 0 aromatic carbocycles. The van der Waals surface area contributed by atoms with Crippen molar-refractivity contribution in [3.8, 4) is 0 Å². The molecule has 0 aliphatic heterocycles. The highest BCUT2D eigenvalue weighted by atomic mass is 32.2. The summed E-state index contributed by atoms with van der Waals surface area (Å²) in [7, 11) is 0. The largest absolute Gasteiger partial charge is 0.481 e. The Morgan fingerprint density at radius 2 is 2.08 bits per heavy atom. The average Bonchev–Trinajstić information content (AvgIpc) is 3.03. The number of carboxylic acids is 1. The molecule has 0 saturated carbocycles. The van der Waals surface area contributed by atoms with Crippen molar-refractivity contribution >= 4 is 34.4 Å². The number of carbonyl (C=O) groups is 1. The molecule has 0 bridgehead atoms. The number of aliphatic carboxylic acids is 1. The molecule has 25 heavy (non-hydrogen) atoms. The van der Waals surface area contributed by atoms with Crippen LogP contribution in [0.15, 0.2) is 23.1 Å². The van der Waals surface area contributed by atoms with Gasteiger partial charge in [-0.25, -0.2) is 0 Å². The number of hydrogen-bond donors (Lipinski definition) is 2. The second kappa shape index (κ2) is 12.9. The number of hydrogen-bond acceptors (Lipinski definition) is 6. The second-order valence-corrected chi connectivity index (χ2v) is 7.71. The summed E-state index contributed by atoms with van der Waals surface area (Å²) in [5.74, 6) is -0.106. The Bertz CT molecular complexity index is 570. The molecule has 1 aromatic heterocycles. The van der Waals surface area contributed by atoms with Gasteiger partial charge in [-0.15, -0.1) is 10.2 Å². The van der Waals surface area contributed by atoms with Crippen molar-refractivity contribution in [2.45, 2.75) is 65.7 Å². The number of anilines is 1. The van der Waals surface area contributed by atoms with E-state index in [0.717, 1.165) is 42.2 Å². The molecule has 7 heteroatoms. The lowest BCUT2D eigenvalue weighted by molar-refractivity contribution is -0.137. The Kier molecular flexibility index (Phi) is 11.2. The van der Waals surface area contributed by atoms with Crippen molar-refractivity contribution in [1.82, 2.24) is 10.2 Å². The fourth-order valence-corrected chi connectivity index (χ4v) is 3.87. The van der Waals surface area contributed by atoms with Crippen LogP contribution in [0, 0.1) is 12.8 Å². The molecule has 140 valence electrons. The fraction of sp³-hybridized carbons (Fsp3) is 0.611. The number of nitrogens with one attached hydrogen (secondary N) is 1. The molecule has 1 unspecified atom stereocenters. The number of unbranched alkanes of at least 4 members (excludes halogenated alkanes) is 3. The van der Waals surface area contributed by atoms with Crippen LogP contribution in [-0.4, -0.2) is 21.3 Å². The van der Waals surface area contributed by atoms with Crippen molar-refractivity contribution in [3.05, 3.63) is 28.1 Å². The molecule has 0 radical (unpaired) electrons. The summed E-state index contributed by atoms with van der Waals surface area (Å²) in [4.78, 5) is 11.7. The standard InChI is InChI=1S/C16H23N3O2S2.C2H6/c1-12-17-18-16(22-12)19-23-14-9-6-8-13(11-14)7-4-2-3-5-10-15(20)21;1-2/h6,9,11,13H,2-5,7-8,10H2,1H3,(H,18,19)(H,20,21);1-2H3. The minimum atomic E-state index is -0.690. The first-order valence-electron chi connectivity index (χ1n) is 8.96. The minimum Gasteiger partial charge on any atom is -0.481 e. The van der Waals surface area contributed by atoms with E-state index < -0.39 is 5.97 Å². The molecule has 5 nitrogen and oxygen atoms in total. The van der Waals surface area contributed by atoms with Crippen LogP contribution in [0.3, 0.4) is 0 Å². The number of rotatable bonds is 10. The topological polar surface area (TPSA) is 75.1 Å². The van der Waals surface area contributed by atoms with Gasteiger partial charge in [0.2, 0.25) is 5.13 Å². The van der Waals surface area contributed by atoms with Crippen LogP contribution in [0.1, 0.15) is 63.8 Å². The summed E-state index contributed by atoms with van der Waals surface area (Å²) in [6, 6.07) is 0. The Morgan fingerprint density at radius 1 is 1.32 bits per heavy atom. The zero-order chi connectivity index (χ0) is 18.5. The Hall–Kier alpha value is -1.34. The molecule has 1 heterocycles. The number of allylic oxidation sites excluding steroid dienone is 3. The number of aromatic nitrogens is 2. The maximum Gasteiger partial charge on any atom is 0.303 e. The minimum absolute atomic E-state index is 0.295. The highest BCUT2D eigenvalue weighted by Crippen LogP contribution is 2.30. The van der Waals surface area contributed by atoms with E-state index in [9.17, 15) is 4.79 Å². The molecule has 1 aromatic rings. The van der Waals surface area contributed by atoms with E-state index in [4.69, 9.17) is 5.11 Å². The van der Waals surface area contributed by atoms with Gasteiger partial charge in [0.1, 0.15) is 5.01 Å².